The summed E-state index contributed by atoms with van der Waals surface area (Å²) >= 11 is 0. The maximum Gasteiger partial charge on any atom is 0.261 e. The maximum absolute atomic E-state index is 12.7. The lowest BCUT2D eigenvalue weighted by Gasteiger charge is -2.22. The standard InChI is InChI=1S/C22H23NO3/c1-2-18-10-12-20(13-11-18)26-17-22(24)23(16-21-9-6-14-25-21)15-19-7-4-3-5-8-19/h3-14H,2,15-17H2,1H3. The van der Waals surface area contributed by atoms with Crippen LogP contribution in [0.4, 0.5) is 0 Å². The topological polar surface area (TPSA) is 42.7 Å². The lowest BCUT2D eigenvalue weighted by molar-refractivity contribution is -0.134. The summed E-state index contributed by atoms with van der Waals surface area (Å²) < 4.78 is 11.1. The average molecular weight is 349 g/mol. The molecule has 0 bridgehead atoms. The highest BCUT2D eigenvalue weighted by molar-refractivity contribution is 5.77. The van der Waals surface area contributed by atoms with E-state index in [1.165, 1.54) is 5.56 Å². The molecule has 2 aromatic carbocycles. The van der Waals surface area contributed by atoms with Crippen molar-refractivity contribution in [1.29, 1.82) is 0 Å². The van der Waals surface area contributed by atoms with Gasteiger partial charge in [0.2, 0.25) is 0 Å². The molecule has 0 aliphatic rings. The number of hydrogen-bond donors (Lipinski definition) is 0. The number of hydrogen-bond acceptors (Lipinski definition) is 3. The lowest BCUT2D eigenvalue weighted by Crippen LogP contribution is -2.34. The summed E-state index contributed by atoms with van der Waals surface area (Å²) in [6, 6.07) is 21.5. The molecule has 0 N–H and O–H groups in total. The molecule has 134 valence electrons. The van der Waals surface area contributed by atoms with Crippen LogP contribution in [-0.4, -0.2) is 17.4 Å². The minimum atomic E-state index is -0.0789. The Balaban J connectivity index is 1.65. The van der Waals surface area contributed by atoms with Crippen molar-refractivity contribution < 1.29 is 13.9 Å². The first-order chi connectivity index (χ1) is 12.7. The van der Waals surface area contributed by atoms with E-state index < -0.39 is 0 Å². The number of amides is 1. The van der Waals surface area contributed by atoms with Gasteiger partial charge in [0, 0.05) is 6.54 Å². The molecule has 0 radical (unpaired) electrons. The zero-order chi connectivity index (χ0) is 18.2. The Morgan fingerprint density at radius 2 is 1.69 bits per heavy atom. The zero-order valence-corrected chi connectivity index (χ0v) is 14.9. The molecular weight excluding hydrogens is 326 g/mol. The van der Waals surface area contributed by atoms with Gasteiger partial charge in [0.15, 0.2) is 6.61 Å². The fourth-order valence-electron chi connectivity index (χ4n) is 2.68. The van der Waals surface area contributed by atoms with E-state index in [1.54, 1.807) is 11.2 Å². The van der Waals surface area contributed by atoms with Crippen molar-refractivity contribution in [3.63, 3.8) is 0 Å². The van der Waals surface area contributed by atoms with E-state index in [2.05, 4.69) is 6.92 Å². The van der Waals surface area contributed by atoms with Gasteiger partial charge in [-0.2, -0.15) is 0 Å². The smallest absolute Gasteiger partial charge is 0.261 e. The molecule has 4 nitrogen and oxygen atoms in total. The Labute approximate surface area is 154 Å². The van der Waals surface area contributed by atoms with Crippen molar-refractivity contribution in [3.8, 4) is 5.75 Å². The first-order valence-electron chi connectivity index (χ1n) is 8.80. The van der Waals surface area contributed by atoms with Gasteiger partial charge in [-0.15, -0.1) is 0 Å². The van der Waals surface area contributed by atoms with Crippen molar-refractivity contribution in [3.05, 3.63) is 89.9 Å². The molecule has 0 unspecified atom stereocenters. The van der Waals surface area contributed by atoms with E-state index >= 15 is 0 Å². The van der Waals surface area contributed by atoms with E-state index in [-0.39, 0.29) is 12.5 Å². The number of furan rings is 1. The minimum absolute atomic E-state index is 0.000978. The quantitative estimate of drug-likeness (QED) is 0.603. The van der Waals surface area contributed by atoms with Crippen LogP contribution in [0.15, 0.2) is 77.4 Å². The number of nitrogens with zero attached hydrogens (tertiary/aromatic N) is 1. The van der Waals surface area contributed by atoms with Crippen molar-refractivity contribution in [2.45, 2.75) is 26.4 Å². The van der Waals surface area contributed by atoms with Gasteiger partial charge in [0.1, 0.15) is 11.5 Å². The van der Waals surface area contributed by atoms with Gasteiger partial charge in [-0.25, -0.2) is 0 Å². The molecule has 0 saturated carbocycles. The Morgan fingerprint density at radius 1 is 0.923 bits per heavy atom. The lowest BCUT2D eigenvalue weighted by atomic mass is 10.2. The van der Waals surface area contributed by atoms with E-state index in [0.29, 0.717) is 18.8 Å². The van der Waals surface area contributed by atoms with Crippen LogP contribution in [-0.2, 0) is 24.3 Å². The van der Waals surface area contributed by atoms with Crippen LogP contribution in [0.1, 0.15) is 23.8 Å². The summed E-state index contributed by atoms with van der Waals surface area (Å²) in [7, 11) is 0. The molecule has 4 heteroatoms. The van der Waals surface area contributed by atoms with Crippen molar-refractivity contribution in [2.24, 2.45) is 0 Å². The molecule has 0 aliphatic heterocycles. The Hall–Kier alpha value is -3.01. The Bertz CT molecular complexity index is 795. The highest BCUT2D eigenvalue weighted by atomic mass is 16.5. The molecule has 0 fully saturated rings. The largest absolute Gasteiger partial charge is 0.484 e. The van der Waals surface area contributed by atoms with Crippen LogP contribution in [0.3, 0.4) is 0 Å². The highest BCUT2D eigenvalue weighted by Gasteiger charge is 2.16. The first-order valence-corrected chi connectivity index (χ1v) is 8.80. The predicted molar refractivity (Wildman–Crippen MR) is 101 cm³/mol. The highest BCUT2D eigenvalue weighted by Crippen LogP contribution is 2.14. The molecule has 1 aromatic heterocycles. The van der Waals surface area contributed by atoms with Gasteiger partial charge in [-0.1, -0.05) is 49.4 Å². The SMILES string of the molecule is CCc1ccc(OCC(=O)N(Cc2ccccc2)Cc2ccco2)cc1. The molecule has 1 amide bonds. The van der Waals surface area contributed by atoms with Crippen molar-refractivity contribution in [1.82, 2.24) is 4.90 Å². The van der Waals surface area contributed by atoms with Gasteiger partial charge in [0.25, 0.3) is 5.91 Å². The van der Waals surface area contributed by atoms with Crippen molar-refractivity contribution >= 4 is 5.91 Å². The fraction of sp³-hybridized carbons (Fsp3) is 0.227. The molecule has 0 atom stereocenters. The summed E-state index contributed by atoms with van der Waals surface area (Å²) in [6.07, 6.45) is 2.60. The van der Waals surface area contributed by atoms with E-state index in [0.717, 1.165) is 17.7 Å². The van der Waals surface area contributed by atoms with Crippen LogP contribution < -0.4 is 4.74 Å². The van der Waals surface area contributed by atoms with Gasteiger partial charge >= 0.3 is 0 Å². The Morgan fingerprint density at radius 3 is 2.35 bits per heavy atom. The molecule has 3 aromatic rings. The van der Waals surface area contributed by atoms with Gasteiger partial charge in [0.05, 0.1) is 12.8 Å². The van der Waals surface area contributed by atoms with Crippen molar-refractivity contribution in [2.75, 3.05) is 6.61 Å². The minimum Gasteiger partial charge on any atom is -0.484 e. The third-order valence-corrected chi connectivity index (χ3v) is 4.19. The second-order valence-corrected chi connectivity index (χ2v) is 6.10. The maximum atomic E-state index is 12.7. The molecule has 26 heavy (non-hydrogen) atoms. The van der Waals surface area contributed by atoms with E-state index in [9.17, 15) is 4.79 Å². The van der Waals surface area contributed by atoms with Crippen LogP contribution in [0, 0.1) is 0 Å². The molecule has 3 rings (SSSR count). The molecule has 0 spiro atoms. The number of ether oxygens (including phenoxy) is 1. The van der Waals surface area contributed by atoms with Gasteiger partial charge < -0.3 is 14.1 Å². The van der Waals surface area contributed by atoms with Crippen LogP contribution in [0.2, 0.25) is 0 Å². The number of carbonyl (C=O) groups excluding carboxylic acids is 1. The number of benzene rings is 2. The van der Waals surface area contributed by atoms with Gasteiger partial charge in [-0.05, 0) is 41.8 Å². The van der Waals surface area contributed by atoms with E-state index in [1.807, 2.05) is 66.7 Å². The monoisotopic (exact) mass is 349 g/mol. The summed E-state index contributed by atoms with van der Waals surface area (Å²) in [4.78, 5) is 14.5. The fourth-order valence-corrected chi connectivity index (χ4v) is 2.68. The second-order valence-electron chi connectivity index (χ2n) is 6.10. The van der Waals surface area contributed by atoms with Crippen LogP contribution in [0.25, 0.3) is 0 Å². The predicted octanol–water partition coefficient (Wildman–Crippen LogP) is 4.45. The number of rotatable bonds is 8. The summed E-state index contributed by atoms with van der Waals surface area (Å²) in [5, 5.41) is 0. The molecule has 0 aliphatic carbocycles. The molecule has 0 saturated heterocycles. The average Bonchev–Trinajstić information content (AvgIpc) is 3.20. The van der Waals surface area contributed by atoms with E-state index in [4.69, 9.17) is 9.15 Å². The Kier molecular flexibility index (Phi) is 6.09. The summed E-state index contributed by atoms with van der Waals surface area (Å²) in [6.45, 7) is 3.03. The summed E-state index contributed by atoms with van der Waals surface area (Å²) in [5.41, 5.74) is 2.31. The third-order valence-electron chi connectivity index (χ3n) is 4.19. The van der Waals surface area contributed by atoms with Gasteiger partial charge in [-0.3, -0.25) is 4.79 Å². The number of carbonyl (C=O) groups is 1. The zero-order valence-electron chi connectivity index (χ0n) is 14.9. The molecular formula is C22H23NO3. The van der Waals surface area contributed by atoms with Crippen LogP contribution in [0.5, 0.6) is 5.75 Å². The second kappa shape index (κ2) is 8.90. The molecule has 1 heterocycles. The summed E-state index contributed by atoms with van der Waals surface area (Å²) in [5.74, 6) is 1.37. The normalized spacial score (nSPS) is 10.5. The first kappa shape index (κ1) is 17.8. The third kappa shape index (κ3) is 4.99. The van der Waals surface area contributed by atoms with Crippen LogP contribution >= 0.6 is 0 Å². The number of aryl methyl sites for hydroxylation is 1.